The first-order valence-corrected chi connectivity index (χ1v) is 13.8. The lowest BCUT2D eigenvalue weighted by atomic mass is 10.2. The molecule has 39 heavy (non-hydrogen) atoms. The largest absolute Gasteiger partial charge is 0.494 e. The molecule has 1 N–H and O–H groups in total. The van der Waals surface area contributed by atoms with E-state index in [1.54, 1.807) is 52.0 Å². The number of rotatable bonds is 12. The smallest absolute Gasteiger partial charge is 0.407 e. The molecule has 11 heteroatoms. The highest BCUT2D eigenvalue weighted by Crippen LogP contribution is 2.22. The molecule has 0 spiro atoms. The number of ether oxygens (including phenoxy) is 4. The van der Waals surface area contributed by atoms with E-state index < -0.39 is 33.7 Å². The summed E-state index contributed by atoms with van der Waals surface area (Å²) in [5.74, 6) is 6.01. The van der Waals surface area contributed by atoms with Crippen LogP contribution in [0.5, 0.6) is 17.2 Å². The number of nitrogens with zero attached hydrogens (tertiary/aromatic N) is 1. The Kier molecular flexibility index (Phi) is 11.6. The summed E-state index contributed by atoms with van der Waals surface area (Å²) >= 11 is 0. The lowest BCUT2D eigenvalue weighted by Crippen LogP contribution is -2.42. The summed E-state index contributed by atoms with van der Waals surface area (Å²) < 4.78 is 48.5. The van der Waals surface area contributed by atoms with E-state index in [0.29, 0.717) is 31.1 Å². The zero-order valence-electron chi connectivity index (χ0n) is 23.1. The predicted octanol–water partition coefficient (Wildman–Crippen LogP) is 4.00. The van der Waals surface area contributed by atoms with Crippen molar-refractivity contribution >= 4 is 22.1 Å². The minimum Gasteiger partial charge on any atom is -0.494 e. The van der Waals surface area contributed by atoms with E-state index in [1.807, 2.05) is 0 Å². The number of nitrogens with one attached hydrogen (secondary N) is 1. The third-order valence-corrected chi connectivity index (χ3v) is 7.12. The van der Waals surface area contributed by atoms with Gasteiger partial charge in [-0.05, 0) is 89.6 Å². The molecule has 1 unspecified atom stereocenters. The number of carbonyl (C=O) groups is 2. The van der Waals surface area contributed by atoms with Crippen LogP contribution in [0, 0.1) is 11.8 Å². The van der Waals surface area contributed by atoms with Crippen molar-refractivity contribution < 1.29 is 37.0 Å². The van der Waals surface area contributed by atoms with Crippen molar-refractivity contribution in [3.63, 3.8) is 0 Å². The van der Waals surface area contributed by atoms with Gasteiger partial charge < -0.3 is 24.3 Å². The first-order valence-electron chi connectivity index (χ1n) is 12.4. The Hall–Kier alpha value is -3.75. The highest BCUT2D eigenvalue weighted by atomic mass is 32.2. The Morgan fingerprint density at radius 1 is 0.974 bits per heavy atom. The van der Waals surface area contributed by atoms with E-state index in [9.17, 15) is 18.0 Å². The first-order chi connectivity index (χ1) is 18.3. The van der Waals surface area contributed by atoms with Crippen LogP contribution in [0.4, 0.5) is 4.79 Å². The number of amides is 1. The van der Waals surface area contributed by atoms with Gasteiger partial charge in [-0.1, -0.05) is 5.92 Å². The van der Waals surface area contributed by atoms with Crippen LogP contribution >= 0.6 is 0 Å². The van der Waals surface area contributed by atoms with Crippen molar-refractivity contribution in [2.45, 2.75) is 57.6 Å². The fourth-order valence-corrected chi connectivity index (χ4v) is 4.31. The molecule has 0 saturated carbocycles. The van der Waals surface area contributed by atoms with Crippen molar-refractivity contribution in [3.8, 4) is 29.1 Å². The van der Waals surface area contributed by atoms with Gasteiger partial charge in [0.1, 0.15) is 35.5 Å². The summed E-state index contributed by atoms with van der Waals surface area (Å²) in [7, 11) is -2.64. The molecule has 0 saturated heterocycles. The number of sulfonamides is 1. The molecule has 0 aliphatic carbocycles. The quantitative estimate of drug-likeness (QED) is 0.179. The van der Waals surface area contributed by atoms with Crippen molar-refractivity contribution in [2.24, 2.45) is 0 Å². The number of likely N-dealkylation sites (N-methyl/N-ethyl adjacent to an activating group) is 1. The van der Waals surface area contributed by atoms with Crippen LogP contribution in [0.1, 0.15) is 41.0 Å². The second kappa shape index (κ2) is 14.4. The number of hydrogen-bond donors (Lipinski definition) is 1. The van der Waals surface area contributed by atoms with Crippen LogP contribution in [0.3, 0.4) is 0 Å². The molecule has 2 aromatic carbocycles. The minimum absolute atomic E-state index is 0.0152. The molecule has 0 aromatic heterocycles. The summed E-state index contributed by atoms with van der Waals surface area (Å²) in [5.41, 5.74) is -0.556. The maximum Gasteiger partial charge on any atom is 0.407 e. The molecule has 0 radical (unpaired) electrons. The van der Waals surface area contributed by atoms with Gasteiger partial charge in [-0.25, -0.2) is 18.0 Å². The lowest BCUT2D eigenvalue weighted by Gasteiger charge is -2.23. The number of carbonyl (C=O) groups excluding carboxylic acids is 2. The van der Waals surface area contributed by atoms with E-state index in [-0.39, 0.29) is 17.3 Å². The molecule has 1 atom stereocenters. The molecule has 0 heterocycles. The summed E-state index contributed by atoms with van der Waals surface area (Å²) in [6, 6.07) is 11.2. The van der Waals surface area contributed by atoms with E-state index in [0.717, 1.165) is 4.31 Å². The summed E-state index contributed by atoms with van der Waals surface area (Å²) in [6.07, 6.45) is 0.0832. The molecule has 212 valence electrons. The average Bonchev–Trinajstić information content (AvgIpc) is 2.88. The molecule has 2 rings (SSSR count). The fraction of sp³-hybridized carbons (Fsp3) is 0.429. The third-order valence-electron chi connectivity index (χ3n) is 5.18. The Morgan fingerprint density at radius 2 is 1.54 bits per heavy atom. The van der Waals surface area contributed by atoms with Crippen LogP contribution in [-0.2, 0) is 19.6 Å². The normalized spacial score (nSPS) is 12.1. The fourth-order valence-electron chi connectivity index (χ4n) is 2.99. The van der Waals surface area contributed by atoms with E-state index in [1.165, 1.54) is 38.2 Å². The minimum atomic E-state index is -3.96. The second-order valence-corrected chi connectivity index (χ2v) is 11.4. The Balaban J connectivity index is 1.84. The van der Waals surface area contributed by atoms with Crippen LogP contribution in [0.15, 0.2) is 53.4 Å². The van der Waals surface area contributed by atoms with Gasteiger partial charge in [-0.15, -0.1) is 5.92 Å². The number of benzene rings is 2. The molecular weight excluding hydrogens is 524 g/mol. The number of alkyl carbamates (subject to hydrolysis) is 1. The Bertz CT molecular complexity index is 1260. The van der Waals surface area contributed by atoms with Crippen LogP contribution in [0.2, 0.25) is 0 Å². The van der Waals surface area contributed by atoms with Crippen LogP contribution in [0.25, 0.3) is 0 Å². The average molecular weight is 561 g/mol. The second-order valence-electron chi connectivity index (χ2n) is 9.41. The van der Waals surface area contributed by atoms with Crippen LogP contribution in [-0.4, -0.2) is 63.2 Å². The third kappa shape index (κ3) is 10.5. The standard InChI is InChI=1S/C28H36N2O8S/c1-7-8-19-35-23-14-16-25(17-15-23)39(33,34)30(6)21(2)26(31)37-24-12-10-22(11-13-24)36-20-9-18-29-27(32)38-28(3,4)5/h10-17,21H,9,18-20H2,1-6H3,(H,29,32). The Labute approximate surface area is 230 Å². The van der Waals surface area contributed by atoms with Crippen molar-refractivity contribution in [1.82, 2.24) is 9.62 Å². The van der Waals surface area contributed by atoms with Gasteiger partial charge in [0.15, 0.2) is 0 Å². The maximum atomic E-state index is 13.0. The van der Waals surface area contributed by atoms with Gasteiger partial charge in [0.2, 0.25) is 10.0 Å². The van der Waals surface area contributed by atoms with Gasteiger partial charge in [0, 0.05) is 13.6 Å². The van der Waals surface area contributed by atoms with Crippen molar-refractivity contribution in [2.75, 3.05) is 26.8 Å². The SMILES string of the molecule is CC#CCOc1ccc(S(=O)(=O)N(C)C(C)C(=O)Oc2ccc(OCCCNC(=O)OC(C)(C)C)cc2)cc1. The molecule has 0 aliphatic rings. The topological polar surface area (TPSA) is 120 Å². The zero-order chi connectivity index (χ0) is 29.1. The van der Waals surface area contributed by atoms with Crippen molar-refractivity contribution in [3.05, 3.63) is 48.5 Å². The Morgan fingerprint density at radius 3 is 2.13 bits per heavy atom. The maximum absolute atomic E-state index is 13.0. The van der Waals surface area contributed by atoms with Gasteiger partial charge in [-0.3, -0.25) is 0 Å². The summed E-state index contributed by atoms with van der Waals surface area (Å²) in [5, 5.41) is 2.65. The van der Waals surface area contributed by atoms with E-state index in [2.05, 4.69) is 17.2 Å². The van der Waals surface area contributed by atoms with Crippen LogP contribution < -0.4 is 19.5 Å². The van der Waals surface area contributed by atoms with Crippen molar-refractivity contribution in [1.29, 1.82) is 0 Å². The first kappa shape index (κ1) is 31.5. The molecule has 10 nitrogen and oxygen atoms in total. The summed E-state index contributed by atoms with van der Waals surface area (Å²) in [4.78, 5) is 24.3. The number of hydrogen-bond acceptors (Lipinski definition) is 8. The van der Waals surface area contributed by atoms with Gasteiger partial charge in [0.25, 0.3) is 0 Å². The van der Waals surface area contributed by atoms with Gasteiger partial charge in [-0.2, -0.15) is 4.31 Å². The zero-order valence-corrected chi connectivity index (χ0v) is 24.0. The van der Waals surface area contributed by atoms with E-state index in [4.69, 9.17) is 18.9 Å². The van der Waals surface area contributed by atoms with E-state index >= 15 is 0 Å². The molecule has 2 aromatic rings. The molecule has 0 fully saturated rings. The van der Waals surface area contributed by atoms with Gasteiger partial charge >= 0.3 is 12.1 Å². The molecule has 1 amide bonds. The lowest BCUT2D eigenvalue weighted by molar-refractivity contribution is -0.137. The highest BCUT2D eigenvalue weighted by Gasteiger charge is 2.31. The molecule has 0 aliphatic heterocycles. The monoisotopic (exact) mass is 560 g/mol. The summed E-state index contributed by atoms with van der Waals surface area (Å²) in [6.45, 7) is 9.47. The number of esters is 1. The molecular formula is C28H36N2O8S. The predicted molar refractivity (Wildman–Crippen MR) is 146 cm³/mol. The highest BCUT2D eigenvalue weighted by molar-refractivity contribution is 7.89. The van der Waals surface area contributed by atoms with Gasteiger partial charge in [0.05, 0.1) is 11.5 Å². The molecule has 0 bridgehead atoms.